The standard InChI is InChI=1S/C20H19FN6O3/c1-4-13-14(11-5-7-12(21)8-6-11)17-24-23-15-18(27(17)25-13)22-9-26(19(15)28)16(10(2)3)20(29)30/h5-10,16H,4H2,1-3H3,(H,29,30). The molecule has 0 saturated heterocycles. The summed E-state index contributed by atoms with van der Waals surface area (Å²) < 4.78 is 15.8. The zero-order chi connectivity index (χ0) is 21.6. The fourth-order valence-electron chi connectivity index (χ4n) is 3.56. The normalized spacial score (nSPS) is 12.7. The van der Waals surface area contributed by atoms with E-state index in [1.807, 2.05) is 6.92 Å². The van der Waals surface area contributed by atoms with E-state index in [0.29, 0.717) is 23.3 Å². The van der Waals surface area contributed by atoms with Crippen molar-refractivity contribution in [2.24, 2.45) is 5.92 Å². The zero-order valence-electron chi connectivity index (χ0n) is 16.6. The van der Waals surface area contributed by atoms with Crippen LogP contribution in [0.15, 0.2) is 35.4 Å². The van der Waals surface area contributed by atoms with Crippen LogP contribution in [0, 0.1) is 11.7 Å². The Balaban J connectivity index is 1.99. The molecule has 30 heavy (non-hydrogen) atoms. The second-order valence-electron chi connectivity index (χ2n) is 7.27. The molecule has 154 valence electrons. The Labute approximate surface area is 169 Å². The summed E-state index contributed by atoms with van der Waals surface area (Å²) in [5, 5.41) is 22.3. The Hall–Kier alpha value is -3.69. The lowest BCUT2D eigenvalue weighted by atomic mass is 10.0. The number of carboxylic acids is 1. The maximum absolute atomic E-state index is 13.4. The highest BCUT2D eigenvalue weighted by Gasteiger charge is 2.27. The van der Waals surface area contributed by atoms with Gasteiger partial charge in [0.1, 0.15) is 18.2 Å². The van der Waals surface area contributed by atoms with Gasteiger partial charge in [0.05, 0.1) is 11.3 Å². The van der Waals surface area contributed by atoms with Gasteiger partial charge >= 0.3 is 5.97 Å². The lowest BCUT2D eigenvalue weighted by Gasteiger charge is -2.18. The van der Waals surface area contributed by atoms with Crippen LogP contribution in [-0.2, 0) is 11.2 Å². The van der Waals surface area contributed by atoms with Crippen molar-refractivity contribution in [3.63, 3.8) is 0 Å². The number of carboxylic acid groups (broad SMARTS) is 1. The molecule has 3 aromatic heterocycles. The Kier molecular flexibility index (Phi) is 4.76. The van der Waals surface area contributed by atoms with Crippen LogP contribution in [-0.4, -0.2) is 40.4 Å². The van der Waals surface area contributed by atoms with Gasteiger partial charge in [-0.15, -0.1) is 10.2 Å². The quantitative estimate of drug-likeness (QED) is 0.537. The minimum atomic E-state index is -1.13. The van der Waals surface area contributed by atoms with Gasteiger partial charge < -0.3 is 5.11 Å². The fraction of sp³-hybridized carbons (Fsp3) is 0.300. The van der Waals surface area contributed by atoms with E-state index in [-0.39, 0.29) is 22.9 Å². The van der Waals surface area contributed by atoms with Gasteiger partial charge in [-0.2, -0.15) is 9.61 Å². The van der Waals surface area contributed by atoms with Crippen molar-refractivity contribution >= 4 is 22.8 Å². The predicted octanol–water partition coefficient (Wildman–Crippen LogP) is 2.48. The second kappa shape index (κ2) is 7.29. The molecule has 3 heterocycles. The first kappa shape index (κ1) is 19.6. The summed E-state index contributed by atoms with van der Waals surface area (Å²) in [6, 6.07) is 4.88. The first-order valence-corrected chi connectivity index (χ1v) is 9.47. The number of hydrogen-bond donors (Lipinski definition) is 1. The van der Waals surface area contributed by atoms with Crippen molar-refractivity contribution < 1.29 is 14.3 Å². The van der Waals surface area contributed by atoms with Crippen LogP contribution in [0.4, 0.5) is 4.39 Å². The van der Waals surface area contributed by atoms with E-state index in [2.05, 4.69) is 20.3 Å². The van der Waals surface area contributed by atoms with Crippen LogP contribution in [0.5, 0.6) is 0 Å². The van der Waals surface area contributed by atoms with Crippen molar-refractivity contribution in [2.45, 2.75) is 33.2 Å². The summed E-state index contributed by atoms with van der Waals surface area (Å²) in [6.07, 6.45) is 1.78. The van der Waals surface area contributed by atoms with Crippen molar-refractivity contribution in [3.8, 4) is 11.1 Å². The van der Waals surface area contributed by atoms with E-state index in [1.54, 1.807) is 26.0 Å². The third-order valence-corrected chi connectivity index (χ3v) is 4.98. The van der Waals surface area contributed by atoms with Crippen LogP contribution >= 0.6 is 0 Å². The average Bonchev–Trinajstić information content (AvgIpc) is 3.09. The Bertz CT molecular complexity index is 1330. The molecule has 0 bridgehead atoms. The molecule has 0 fully saturated rings. The largest absolute Gasteiger partial charge is 0.480 e. The smallest absolute Gasteiger partial charge is 0.327 e. The Morgan fingerprint density at radius 2 is 1.87 bits per heavy atom. The number of nitrogens with zero attached hydrogens (tertiary/aromatic N) is 6. The number of aromatic nitrogens is 6. The molecule has 0 aliphatic heterocycles. The van der Waals surface area contributed by atoms with E-state index >= 15 is 0 Å². The van der Waals surface area contributed by atoms with Gasteiger partial charge in [0.2, 0.25) is 0 Å². The molecule has 0 amide bonds. The number of halogens is 1. The highest BCUT2D eigenvalue weighted by molar-refractivity contribution is 5.83. The van der Waals surface area contributed by atoms with Crippen LogP contribution in [0.1, 0.15) is 32.5 Å². The molecule has 0 aliphatic rings. The van der Waals surface area contributed by atoms with Gasteiger partial charge in [0.15, 0.2) is 16.8 Å². The summed E-state index contributed by atoms with van der Waals surface area (Å²) in [5.41, 5.74) is 1.98. The molecule has 1 unspecified atom stereocenters. The molecule has 1 atom stereocenters. The molecular weight excluding hydrogens is 391 g/mol. The van der Waals surface area contributed by atoms with Crippen LogP contribution in [0.3, 0.4) is 0 Å². The molecule has 0 aliphatic carbocycles. The number of aryl methyl sites for hydroxylation is 1. The maximum atomic E-state index is 13.4. The fourth-order valence-corrected chi connectivity index (χ4v) is 3.56. The van der Waals surface area contributed by atoms with Gasteiger partial charge in [-0.3, -0.25) is 9.36 Å². The molecule has 10 heteroatoms. The maximum Gasteiger partial charge on any atom is 0.327 e. The first-order chi connectivity index (χ1) is 14.3. The minimum absolute atomic E-state index is 0.0762. The topological polar surface area (TPSA) is 115 Å². The molecule has 1 aromatic carbocycles. The lowest BCUT2D eigenvalue weighted by Crippen LogP contribution is -2.34. The monoisotopic (exact) mass is 410 g/mol. The minimum Gasteiger partial charge on any atom is -0.480 e. The number of aliphatic carboxylic acids is 1. The zero-order valence-corrected chi connectivity index (χ0v) is 16.6. The van der Waals surface area contributed by atoms with Crippen molar-refractivity contribution in [1.29, 1.82) is 0 Å². The average molecular weight is 410 g/mol. The van der Waals surface area contributed by atoms with E-state index < -0.39 is 17.6 Å². The highest BCUT2D eigenvalue weighted by atomic mass is 19.1. The molecular formula is C20H19FN6O3. The second-order valence-corrected chi connectivity index (χ2v) is 7.27. The van der Waals surface area contributed by atoms with Crippen LogP contribution < -0.4 is 5.56 Å². The van der Waals surface area contributed by atoms with Crippen molar-refractivity contribution in [2.75, 3.05) is 0 Å². The third-order valence-electron chi connectivity index (χ3n) is 4.98. The summed E-state index contributed by atoms with van der Waals surface area (Å²) in [4.78, 5) is 28.9. The molecule has 0 spiro atoms. The van der Waals surface area contributed by atoms with Gasteiger partial charge in [-0.05, 0) is 30.0 Å². The molecule has 0 saturated carbocycles. The van der Waals surface area contributed by atoms with Gasteiger partial charge in [0.25, 0.3) is 5.56 Å². The van der Waals surface area contributed by atoms with Gasteiger partial charge in [0, 0.05) is 0 Å². The molecule has 0 radical (unpaired) electrons. The number of carbonyl (C=O) groups is 1. The van der Waals surface area contributed by atoms with E-state index in [4.69, 9.17) is 0 Å². The van der Waals surface area contributed by atoms with Gasteiger partial charge in [-0.1, -0.05) is 32.9 Å². The first-order valence-electron chi connectivity index (χ1n) is 9.47. The highest BCUT2D eigenvalue weighted by Crippen LogP contribution is 2.29. The molecule has 4 aromatic rings. The number of benzene rings is 1. The summed E-state index contributed by atoms with van der Waals surface area (Å²) in [6.45, 7) is 5.34. The number of rotatable bonds is 5. The van der Waals surface area contributed by atoms with E-state index in [0.717, 1.165) is 10.1 Å². The summed E-state index contributed by atoms with van der Waals surface area (Å²) >= 11 is 0. The molecule has 4 rings (SSSR count). The summed E-state index contributed by atoms with van der Waals surface area (Å²) in [5.74, 6) is -1.82. The van der Waals surface area contributed by atoms with Crippen molar-refractivity contribution in [1.82, 2.24) is 29.4 Å². The SMILES string of the molecule is CCc1nn2c(nnc3c(=O)n(C(C(=O)O)C(C)C)cnc32)c1-c1ccc(F)cc1. The number of fused-ring (bicyclic) bond motifs is 3. The van der Waals surface area contributed by atoms with Crippen LogP contribution in [0.25, 0.3) is 27.9 Å². The number of hydrogen-bond acceptors (Lipinski definition) is 6. The predicted molar refractivity (Wildman–Crippen MR) is 107 cm³/mol. The van der Waals surface area contributed by atoms with Crippen molar-refractivity contribution in [3.05, 3.63) is 52.5 Å². The van der Waals surface area contributed by atoms with E-state index in [1.165, 1.54) is 23.0 Å². The Morgan fingerprint density at radius 1 is 1.17 bits per heavy atom. The lowest BCUT2D eigenvalue weighted by molar-refractivity contribution is -0.142. The molecule has 1 N–H and O–H groups in total. The third kappa shape index (κ3) is 3.00. The summed E-state index contributed by atoms with van der Waals surface area (Å²) in [7, 11) is 0. The molecule has 9 nitrogen and oxygen atoms in total. The van der Waals surface area contributed by atoms with Crippen LogP contribution in [0.2, 0.25) is 0 Å². The van der Waals surface area contributed by atoms with E-state index in [9.17, 15) is 19.1 Å². The van der Waals surface area contributed by atoms with Gasteiger partial charge in [-0.25, -0.2) is 14.2 Å². The Morgan fingerprint density at radius 3 is 2.47 bits per heavy atom.